The first-order valence-corrected chi connectivity index (χ1v) is 8.87. The van der Waals surface area contributed by atoms with Gasteiger partial charge in [-0.05, 0) is 38.6 Å². The monoisotopic (exact) mass is 346 g/mol. The van der Waals surface area contributed by atoms with E-state index in [2.05, 4.69) is 34.3 Å². The summed E-state index contributed by atoms with van der Waals surface area (Å²) in [6, 6.07) is 5.85. The van der Waals surface area contributed by atoms with E-state index in [1.165, 1.54) is 0 Å². The van der Waals surface area contributed by atoms with Crippen molar-refractivity contribution in [1.29, 1.82) is 0 Å². The molecule has 1 N–H and O–H groups in total. The molecule has 3 rings (SSSR count). The number of rotatable bonds is 7. The number of likely N-dealkylation sites (N-methyl/N-ethyl adjacent to an activating group) is 1. The van der Waals surface area contributed by atoms with Crippen molar-refractivity contribution in [2.24, 2.45) is 0 Å². The molecule has 0 bridgehead atoms. The summed E-state index contributed by atoms with van der Waals surface area (Å²) in [5.41, 5.74) is 0.831. The van der Waals surface area contributed by atoms with Gasteiger partial charge in [0.05, 0.1) is 19.3 Å². The fraction of sp³-hybridized carbons (Fsp3) is 0.556. The van der Waals surface area contributed by atoms with Gasteiger partial charge in [-0.15, -0.1) is 0 Å². The van der Waals surface area contributed by atoms with Crippen LogP contribution in [0.25, 0.3) is 11.5 Å². The summed E-state index contributed by atoms with van der Waals surface area (Å²) in [5, 5.41) is 7.54. The van der Waals surface area contributed by atoms with Gasteiger partial charge in [-0.1, -0.05) is 12.1 Å². The molecule has 7 nitrogen and oxygen atoms in total. The molecule has 0 spiro atoms. The van der Waals surface area contributed by atoms with Crippen LogP contribution in [0.5, 0.6) is 11.5 Å². The highest BCUT2D eigenvalue weighted by Gasteiger charge is 2.25. The number of ether oxygens (including phenoxy) is 2. The average molecular weight is 346 g/mol. The Morgan fingerprint density at radius 2 is 2.16 bits per heavy atom. The van der Waals surface area contributed by atoms with Crippen molar-refractivity contribution in [3.05, 3.63) is 24.0 Å². The Kier molecular flexibility index (Phi) is 5.88. The van der Waals surface area contributed by atoms with Crippen LogP contribution in [0.1, 0.15) is 32.1 Å². The lowest BCUT2D eigenvalue weighted by atomic mass is 10.2. The molecule has 7 heteroatoms. The van der Waals surface area contributed by atoms with Crippen LogP contribution in [0.3, 0.4) is 0 Å². The van der Waals surface area contributed by atoms with Crippen molar-refractivity contribution < 1.29 is 14.0 Å². The third-order valence-electron chi connectivity index (χ3n) is 4.20. The van der Waals surface area contributed by atoms with E-state index in [0.717, 1.165) is 37.4 Å². The summed E-state index contributed by atoms with van der Waals surface area (Å²) >= 11 is 0. The van der Waals surface area contributed by atoms with Gasteiger partial charge in [0.25, 0.3) is 5.89 Å². The summed E-state index contributed by atoms with van der Waals surface area (Å²) in [4.78, 5) is 6.83. The SMILES string of the molecule is CCCOc1ccc(-c2nc(C3CNCCN3C)no2)cc1OCC. The number of nitrogens with zero attached hydrogens (tertiary/aromatic N) is 3. The molecule has 0 aliphatic carbocycles. The van der Waals surface area contributed by atoms with Gasteiger partial charge in [-0.25, -0.2) is 0 Å². The van der Waals surface area contributed by atoms with Crippen LogP contribution < -0.4 is 14.8 Å². The number of benzene rings is 1. The van der Waals surface area contributed by atoms with Crippen molar-refractivity contribution in [2.75, 3.05) is 39.9 Å². The lowest BCUT2D eigenvalue weighted by molar-refractivity contribution is 0.190. The van der Waals surface area contributed by atoms with Crippen molar-refractivity contribution in [3.8, 4) is 23.0 Å². The van der Waals surface area contributed by atoms with E-state index < -0.39 is 0 Å². The fourth-order valence-corrected chi connectivity index (χ4v) is 2.82. The summed E-state index contributed by atoms with van der Waals surface area (Å²) in [6.45, 7) is 8.02. The van der Waals surface area contributed by atoms with E-state index >= 15 is 0 Å². The maximum absolute atomic E-state index is 5.74. The molecule has 136 valence electrons. The van der Waals surface area contributed by atoms with Crippen LogP contribution in [-0.2, 0) is 0 Å². The standard InChI is InChI=1S/C18H26N4O3/c1-4-10-24-15-7-6-13(11-16(15)23-5-2)18-20-17(21-25-18)14-12-19-8-9-22(14)3/h6-7,11,14,19H,4-5,8-10,12H2,1-3H3. The van der Waals surface area contributed by atoms with Crippen molar-refractivity contribution in [2.45, 2.75) is 26.3 Å². The van der Waals surface area contributed by atoms with Gasteiger partial charge in [-0.3, -0.25) is 4.90 Å². The summed E-state index contributed by atoms with van der Waals surface area (Å²) in [5.74, 6) is 2.64. The Labute approximate surface area is 148 Å². The number of hydrogen-bond acceptors (Lipinski definition) is 7. The third kappa shape index (κ3) is 4.11. The molecule has 1 unspecified atom stereocenters. The normalized spacial score (nSPS) is 18.3. The number of nitrogens with one attached hydrogen (secondary N) is 1. The van der Waals surface area contributed by atoms with E-state index in [1.807, 2.05) is 25.1 Å². The molecule has 2 heterocycles. The lowest BCUT2D eigenvalue weighted by Crippen LogP contribution is -2.44. The highest BCUT2D eigenvalue weighted by atomic mass is 16.5. The van der Waals surface area contributed by atoms with Crippen LogP contribution in [0.4, 0.5) is 0 Å². The molecule has 0 radical (unpaired) electrons. The first-order valence-electron chi connectivity index (χ1n) is 8.87. The van der Waals surface area contributed by atoms with Crippen LogP contribution in [0, 0.1) is 0 Å². The smallest absolute Gasteiger partial charge is 0.258 e. The van der Waals surface area contributed by atoms with Crippen molar-refractivity contribution >= 4 is 0 Å². The van der Waals surface area contributed by atoms with Gasteiger partial charge < -0.3 is 19.3 Å². The van der Waals surface area contributed by atoms with E-state index in [4.69, 9.17) is 14.0 Å². The summed E-state index contributed by atoms with van der Waals surface area (Å²) in [6.07, 6.45) is 0.948. The molecule has 1 aliphatic heterocycles. The predicted octanol–water partition coefficient (Wildman–Crippen LogP) is 2.50. The average Bonchev–Trinajstić information content (AvgIpc) is 3.11. The molecule has 1 aromatic heterocycles. The second kappa shape index (κ2) is 8.31. The van der Waals surface area contributed by atoms with Crippen molar-refractivity contribution in [3.63, 3.8) is 0 Å². The van der Waals surface area contributed by atoms with Gasteiger partial charge in [0.15, 0.2) is 17.3 Å². The lowest BCUT2D eigenvalue weighted by Gasteiger charge is -2.30. The minimum atomic E-state index is 0.129. The van der Waals surface area contributed by atoms with Crippen LogP contribution >= 0.6 is 0 Å². The highest BCUT2D eigenvalue weighted by molar-refractivity contribution is 5.59. The number of aromatic nitrogens is 2. The molecular weight excluding hydrogens is 320 g/mol. The van der Waals surface area contributed by atoms with Crippen molar-refractivity contribution in [1.82, 2.24) is 20.4 Å². The highest BCUT2D eigenvalue weighted by Crippen LogP contribution is 2.33. The Hall–Kier alpha value is -2.12. The second-order valence-electron chi connectivity index (χ2n) is 6.10. The largest absolute Gasteiger partial charge is 0.490 e. The molecule has 1 atom stereocenters. The van der Waals surface area contributed by atoms with Gasteiger partial charge in [0, 0.05) is 25.2 Å². The molecule has 25 heavy (non-hydrogen) atoms. The zero-order chi connectivity index (χ0) is 17.6. The molecular formula is C18H26N4O3. The molecule has 1 aromatic carbocycles. The van der Waals surface area contributed by atoms with Crippen LogP contribution in [0.15, 0.2) is 22.7 Å². The van der Waals surface area contributed by atoms with Gasteiger partial charge >= 0.3 is 0 Å². The van der Waals surface area contributed by atoms with Gasteiger partial charge in [0.1, 0.15) is 0 Å². The Morgan fingerprint density at radius 3 is 2.92 bits per heavy atom. The zero-order valence-corrected chi connectivity index (χ0v) is 15.1. The van der Waals surface area contributed by atoms with Gasteiger partial charge in [0.2, 0.25) is 0 Å². The molecule has 0 amide bonds. The maximum Gasteiger partial charge on any atom is 0.258 e. The number of piperazine rings is 1. The molecule has 2 aromatic rings. The molecule has 1 saturated heterocycles. The maximum atomic E-state index is 5.74. The predicted molar refractivity (Wildman–Crippen MR) is 94.9 cm³/mol. The molecule has 0 saturated carbocycles. The Morgan fingerprint density at radius 1 is 1.28 bits per heavy atom. The fourth-order valence-electron chi connectivity index (χ4n) is 2.82. The Balaban J connectivity index is 1.82. The summed E-state index contributed by atoms with van der Waals surface area (Å²) < 4.78 is 16.9. The zero-order valence-electron chi connectivity index (χ0n) is 15.1. The van der Waals surface area contributed by atoms with E-state index in [0.29, 0.717) is 30.7 Å². The first-order chi connectivity index (χ1) is 12.2. The number of hydrogen-bond donors (Lipinski definition) is 1. The van der Waals surface area contributed by atoms with E-state index in [9.17, 15) is 0 Å². The van der Waals surface area contributed by atoms with Crippen LogP contribution in [0.2, 0.25) is 0 Å². The Bertz CT molecular complexity index is 689. The minimum Gasteiger partial charge on any atom is -0.490 e. The molecule has 1 aliphatic rings. The third-order valence-corrected chi connectivity index (χ3v) is 4.20. The quantitative estimate of drug-likeness (QED) is 0.826. The van der Waals surface area contributed by atoms with E-state index in [1.54, 1.807) is 0 Å². The topological polar surface area (TPSA) is 72.7 Å². The van der Waals surface area contributed by atoms with E-state index in [-0.39, 0.29) is 6.04 Å². The minimum absolute atomic E-state index is 0.129. The molecule has 1 fully saturated rings. The van der Waals surface area contributed by atoms with Crippen LogP contribution in [-0.4, -0.2) is 54.9 Å². The first kappa shape index (κ1) is 17.7. The van der Waals surface area contributed by atoms with Gasteiger partial charge in [-0.2, -0.15) is 4.98 Å². The summed E-state index contributed by atoms with van der Waals surface area (Å²) in [7, 11) is 2.08. The second-order valence-corrected chi connectivity index (χ2v) is 6.10.